The van der Waals surface area contributed by atoms with Crippen LogP contribution in [0.5, 0.6) is 69.0 Å². The van der Waals surface area contributed by atoms with Gasteiger partial charge in [0.2, 0.25) is 0 Å². The number of quaternary nitrogens is 1. The summed E-state index contributed by atoms with van der Waals surface area (Å²) < 4.78 is 69.8. The third kappa shape index (κ3) is 11.0. The predicted octanol–water partition coefficient (Wildman–Crippen LogP) is 1.62. The van der Waals surface area contributed by atoms with Crippen LogP contribution in [0.1, 0.15) is 131 Å². The predicted molar refractivity (Wildman–Crippen MR) is 485 cm³/mol. The van der Waals surface area contributed by atoms with Crippen LogP contribution in [0.25, 0.3) is 0 Å². The largest absolute Gasteiger partial charge is 0.759 e. The molecule has 726 valence electrons. The number of aliphatic hydroxyl groups excluding tert-OH is 2. The van der Waals surface area contributed by atoms with Gasteiger partial charge in [-0.15, -0.1) is 0 Å². The van der Waals surface area contributed by atoms with Crippen LogP contribution in [-0.2, 0) is 105 Å². The van der Waals surface area contributed by atoms with Gasteiger partial charge in [-0.3, -0.25) is 42.2 Å². The van der Waals surface area contributed by atoms with Gasteiger partial charge in [0.15, 0.2) is 128 Å². The van der Waals surface area contributed by atoms with Gasteiger partial charge in [0.1, 0.15) is 28.5 Å². The van der Waals surface area contributed by atoms with Crippen LogP contribution in [0.15, 0.2) is 133 Å². The number of likely N-dealkylation sites (tertiary alicyclic amines) is 4. The molecule has 3 saturated carbocycles. The van der Waals surface area contributed by atoms with Crippen molar-refractivity contribution in [3.8, 4) is 69.0 Å². The number of piperidine rings is 5. The molecule has 24 aliphatic rings. The SMILES string of the molecule is CN1CC[C@@]23C4=CC=C(CO)[C@@H]2Oc2c(O)ccc(c23)C[C@H]41.CN1CC[C@]23c4c5ccc(O)c4O[C@H]2C(=O)C=C[C@@]3(O)[C@H]1C5.CN1CC[C@]23c4c5ccc(O)c4O[C@H]2C(=O)CC(O)[C@@]3(O)[C@H]1C5.CN1CC[C@]23c4c5ccc(O)c4O[C@H]2C(=O)CC[C@@]3(O)[C@H]1C5.O=C1C=C[C@@]2(O)[C@H]3Cc4ccc(O)c5c4[C@@]2(CCN3)[C@H]1O5.O=S(=O)([O-])[O-].[CH3+].[NH3+]C1CC[C@]23c4c5ccc(O)c4O[C@H]2C(=O)C=C[C@@]3(O)[C@H]1C5. The molecule has 2 unspecified atom stereocenters. The summed E-state index contributed by atoms with van der Waals surface area (Å²) in [6.07, 6.45) is 18.5. The normalized spacial score (nSPS) is 39.9. The van der Waals surface area contributed by atoms with Gasteiger partial charge in [-0.05, 0) is 262 Å². The van der Waals surface area contributed by atoms with Gasteiger partial charge in [0.25, 0.3) is 0 Å². The first-order chi connectivity index (χ1) is 65.1. The number of ether oxygens (including phenoxy) is 6. The van der Waals surface area contributed by atoms with Crippen molar-refractivity contribution in [3.63, 3.8) is 0 Å². The number of aromatic hydroxyl groups is 6. The number of ketones is 5. The smallest absolute Gasteiger partial charge is 0.196 e. The number of Topliss-reactive ketones (excluding diaryl/α,β-unsaturated/α-hetero) is 2. The number of nitrogens with zero attached hydrogens (tertiary/aromatic N) is 4. The second-order valence-corrected chi connectivity index (χ2v) is 43.2. The molecule has 13 aliphatic carbocycles. The molecule has 0 amide bonds. The Balaban J connectivity index is 0.0000000917. The highest BCUT2D eigenvalue weighted by molar-refractivity contribution is 7.79. The summed E-state index contributed by atoms with van der Waals surface area (Å²) in [5.74, 6) is 2.41. The van der Waals surface area contributed by atoms with E-state index in [2.05, 4.69) is 43.8 Å². The Labute approximate surface area is 793 Å². The number of hydrogen-bond donors (Lipinski definition) is 15. The first-order valence-corrected chi connectivity index (χ1v) is 48.7. The molecule has 6 aromatic carbocycles. The molecule has 5 saturated heterocycles. The zero-order valence-corrected chi connectivity index (χ0v) is 77.3. The number of aliphatic hydroxyl groups is 7. The van der Waals surface area contributed by atoms with E-state index in [4.69, 9.17) is 45.9 Å². The van der Waals surface area contributed by atoms with E-state index < -0.39 is 102 Å². The molecule has 6 spiro atoms. The van der Waals surface area contributed by atoms with Gasteiger partial charge in [-0.25, -0.2) is 0 Å². The highest BCUT2D eigenvalue weighted by Crippen LogP contribution is 2.72. The maximum Gasteiger partial charge on any atom is 0.196 e. The number of phenolic OH excluding ortho intramolecular Hbond substituents is 6. The maximum absolute atomic E-state index is 12.6. The fraction of sp³-hybridized carbons (Fsp3) is 0.495. The summed E-state index contributed by atoms with van der Waals surface area (Å²) in [5.41, 5.74) is 8.53. The molecule has 30 rings (SSSR count). The monoisotopic (exact) mass is 1910 g/mol. The van der Waals surface area contributed by atoms with Gasteiger partial charge in [-0.1, -0.05) is 48.6 Å². The van der Waals surface area contributed by atoms with Crippen molar-refractivity contribution in [1.29, 1.82) is 0 Å². The third-order valence-electron chi connectivity index (χ3n) is 37.3. The van der Waals surface area contributed by atoms with Crippen LogP contribution in [0.4, 0.5) is 0 Å². The Morgan fingerprint density at radius 3 is 1.37 bits per heavy atom. The molecule has 34 nitrogen and oxygen atoms in total. The Hall–Kier alpha value is -10.8. The zero-order valence-electron chi connectivity index (χ0n) is 76.5. The van der Waals surface area contributed by atoms with E-state index in [-0.39, 0.29) is 132 Å². The average molecular weight is 1910 g/mol. The van der Waals surface area contributed by atoms with Crippen molar-refractivity contribution in [2.24, 2.45) is 5.92 Å². The highest BCUT2D eigenvalue weighted by Gasteiger charge is 2.80. The molecule has 0 aromatic heterocycles. The standard InChI is InChI=1S/C18H19NO3.C17H19NO5.C17H19NO4.2C17H17NO4.C16H15NO4.CH3.H2O4S/c1-19-7-6-18-12-4-2-11(9-20)17(18)22-16-14(21)5-3-10(15(16)18)8-13(12)19;1-18-5-4-16-13-8-2-3-9(19)14(13)23-15(16)10(20)7-12(21)17(16,22)11(18)6-8;2*1-18-7-6-16-13-9-2-3-10(19)14(13)22-15(16)11(20)4-5-17(16,21)12(18)8-9;18-10-3-5-16-13-8-1-2-11(19)14(13)22-15(16)12(20)4-6-17(16,21)9(10)7-8;18-9-2-1-8-7-11-16(20)4-3-10(19)14-15(16,5-6-17-11)12(8)13(9)21-14;;1-5(2,3)4/h2-5,13,17,20-21H,6-9H2,1H3;2-3,11-12,15,19,21-22H,4-7H2,1H3;2-3,12,15,19,21H,4-8H2,1H3;2-5,12,15,19,21H,6-8H2,1H3;1-2,4,6,9-10,15,19,21H,3,5,7,18H2;1-4,11,14,17-18,20H,5-7H2;1H3;(H2,1,2,3,4)/q;;;;;;+1;/p-1/t13-,17+,18+;11-,12?,15+,16+,17+;2*12-,15+,16+,17-;9-,10?,15-,16-,17+;11-,14+,15+,16-;;/m111101../s1. The fourth-order valence-corrected chi connectivity index (χ4v) is 31.4. The minimum atomic E-state index is -5.17. The minimum absolute atomic E-state index is 0. The Morgan fingerprint density at radius 2 is 0.833 bits per heavy atom. The van der Waals surface area contributed by atoms with Gasteiger partial charge in [0, 0.05) is 107 Å². The van der Waals surface area contributed by atoms with E-state index in [1.165, 1.54) is 34.9 Å². The van der Waals surface area contributed by atoms with Crippen LogP contribution < -0.4 is 39.5 Å². The second kappa shape index (κ2) is 29.9. The Kier molecular flexibility index (Phi) is 19.7. The summed E-state index contributed by atoms with van der Waals surface area (Å²) in [7, 11) is 3.01. The number of hydrogen-bond acceptors (Lipinski definition) is 33. The first kappa shape index (κ1) is 91.0. The zero-order chi connectivity index (χ0) is 95.9. The Morgan fingerprint density at radius 1 is 0.435 bits per heavy atom. The van der Waals surface area contributed by atoms with Crippen LogP contribution in [0, 0.1) is 13.3 Å². The van der Waals surface area contributed by atoms with Crippen LogP contribution >= 0.6 is 0 Å². The number of allylic oxidation sites excluding steroid dienone is 2. The molecular formula is C103H110N6O28S. The third-order valence-corrected chi connectivity index (χ3v) is 37.3. The lowest BCUT2D eigenvalue weighted by Crippen LogP contribution is -2.80. The lowest BCUT2D eigenvalue weighted by atomic mass is 9.46. The second-order valence-electron chi connectivity index (χ2n) is 42.4. The molecular weight excluding hydrogens is 1800 g/mol. The quantitative estimate of drug-likeness (QED) is 0.0632. The van der Waals surface area contributed by atoms with E-state index in [0.29, 0.717) is 118 Å². The van der Waals surface area contributed by atoms with E-state index in [0.717, 1.165) is 113 Å². The van der Waals surface area contributed by atoms with Crippen molar-refractivity contribution in [3.05, 3.63) is 207 Å². The summed E-state index contributed by atoms with van der Waals surface area (Å²) in [5, 5.41) is 143. The molecule has 25 atom stereocenters. The first-order valence-electron chi connectivity index (χ1n) is 47.3. The van der Waals surface area contributed by atoms with Crippen LogP contribution in [0.3, 0.4) is 0 Å². The maximum atomic E-state index is 12.6. The Bertz CT molecular complexity index is 6550. The van der Waals surface area contributed by atoms with Gasteiger partial charge in [0.05, 0.1) is 56.8 Å². The molecule has 8 fully saturated rings. The van der Waals surface area contributed by atoms with E-state index in [1.54, 1.807) is 54.6 Å². The number of carbonyl (C=O) groups is 5. The van der Waals surface area contributed by atoms with Gasteiger partial charge in [-0.2, -0.15) is 0 Å². The molecule has 11 heterocycles. The molecule has 17 N–H and O–H groups in total. The van der Waals surface area contributed by atoms with Crippen LogP contribution in [-0.4, -0.2) is 307 Å². The van der Waals surface area contributed by atoms with E-state index in [1.807, 2.05) is 63.6 Å². The number of likely N-dealkylation sites (N-methyl/N-ethyl adjacent to an activating group) is 4. The van der Waals surface area contributed by atoms with Crippen molar-refractivity contribution in [2.45, 2.75) is 242 Å². The van der Waals surface area contributed by atoms with E-state index >= 15 is 0 Å². The van der Waals surface area contributed by atoms with Crippen molar-refractivity contribution >= 4 is 39.3 Å². The van der Waals surface area contributed by atoms with Gasteiger partial charge >= 0.3 is 0 Å². The molecule has 35 heteroatoms. The average Bonchev–Trinajstić information content (AvgIpc) is 1.48. The highest BCUT2D eigenvalue weighted by atomic mass is 32.3. The molecule has 138 heavy (non-hydrogen) atoms. The number of phenols is 6. The van der Waals surface area contributed by atoms with Gasteiger partial charge < -0.3 is 125 Å². The minimum Gasteiger partial charge on any atom is -0.759 e. The van der Waals surface area contributed by atoms with Crippen molar-refractivity contribution in [2.75, 3.05) is 67.5 Å². The number of rotatable bonds is 1. The number of nitrogens with one attached hydrogen (secondary N) is 1. The topological polar surface area (TPSA) is 537 Å². The molecule has 6 aromatic rings. The number of carbonyl (C=O) groups excluding carboxylic acids is 5. The summed E-state index contributed by atoms with van der Waals surface area (Å²) in [6, 6.07) is 21.4. The molecule has 0 radical (unpaired) electrons. The summed E-state index contributed by atoms with van der Waals surface area (Å²) in [6.45, 7) is 4.07. The lowest BCUT2D eigenvalue weighted by Gasteiger charge is -2.63. The van der Waals surface area contributed by atoms with E-state index in [9.17, 15) is 90.4 Å². The van der Waals surface area contributed by atoms with Crippen molar-refractivity contribution in [1.82, 2.24) is 24.9 Å². The fourth-order valence-electron chi connectivity index (χ4n) is 31.4. The molecule has 11 aliphatic heterocycles. The summed E-state index contributed by atoms with van der Waals surface area (Å²) in [4.78, 5) is 71.2. The summed E-state index contributed by atoms with van der Waals surface area (Å²) >= 11 is 0. The van der Waals surface area contributed by atoms with Crippen molar-refractivity contribution < 1.29 is 142 Å². The molecule has 12 bridgehead atoms. The number of benzene rings is 6. The lowest BCUT2D eigenvalue weighted by molar-refractivity contribution is -0.452. The van der Waals surface area contributed by atoms with Crippen LogP contribution in [0.2, 0.25) is 0 Å².